The van der Waals surface area contributed by atoms with Gasteiger partial charge >= 0.3 is 0 Å². The van der Waals surface area contributed by atoms with E-state index in [0.717, 1.165) is 39.1 Å². The van der Waals surface area contributed by atoms with Gasteiger partial charge in [-0.1, -0.05) is 29.8 Å². The fourth-order valence-corrected chi connectivity index (χ4v) is 4.06. The topological polar surface area (TPSA) is 35.6 Å². The smallest absolute Gasteiger partial charge is 0.237 e. The molecule has 0 bridgehead atoms. The molecule has 1 aliphatic carbocycles. The zero-order valence-electron chi connectivity index (χ0n) is 16.3. The maximum absolute atomic E-state index is 12.5. The van der Waals surface area contributed by atoms with E-state index >= 15 is 0 Å². The van der Waals surface area contributed by atoms with E-state index in [1.165, 1.54) is 42.5 Å². The molecule has 4 nitrogen and oxygen atoms in total. The Hall–Kier alpha value is -1.81. The Morgan fingerprint density at radius 1 is 1.15 bits per heavy atom. The Balaban J connectivity index is 1.42. The van der Waals surface area contributed by atoms with Crippen molar-refractivity contribution in [2.75, 3.05) is 37.6 Å². The van der Waals surface area contributed by atoms with Gasteiger partial charge in [-0.25, -0.2) is 0 Å². The van der Waals surface area contributed by atoms with Gasteiger partial charge < -0.3 is 10.2 Å². The second-order valence-corrected chi connectivity index (χ2v) is 7.63. The van der Waals surface area contributed by atoms with E-state index in [9.17, 15) is 4.79 Å². The van der Waals surface area contributed by atoms with Crippen molar-refractivity contribution >= 4 is 11.6 Å². The number of nitrogens with zero attached hydrogens (tertiary/aromatic N) is 2. The number of benzene rings is 1. The number of carbonyl (C=O) groups is 1. The Bertz CT molecular complexity index is 632. The number of hydrogen-bond acceptors (Lipinski definition) is 3. The lowest BCUT2D eigenvalue weighted by atomic mass is 9.97. The summed E-state index contributed by atoms with van der Waals surface area (Å²) in [6.07, 6.45) is 8.43. The minimum atomic E-state index is -0.0469. The molecule has 1 atom stereocenters. The lowest BCUT2D eigenvalue weighted by molar-refractivity contribution is -0.125. The van der Waals surface area contributed by atoms with Gasteiger partial charge in [-0.05, 0) is 57.6 Å². The maximum atomic E-state index is 12.5. The normalized spacial score (nSPS) is 19.8. The second kappa shape index (κ2) is 9.22. The van der Waals surface area contributed by atoms with Gasteiger partial charge in [-0.15, -0.1) is 0 Å². The number of aryl methyl sites for hydroxylation is 1. The van der Waals surface area contributed by atoms with Crippen LogP contribution < -0.4 is 10.2 Å². The highest BCUT2D eigenvalue weighted by atomic mass is 16.2. The first-order valence-electron chi connectivity index (χ1n) is 10.2. The van der Waals surface area contributed by atoms with Crippen LogP contribution in [-0.4, -0.2) is 49.6 Å². The second-order valence-electron chi connectivity index (χ2n) is 7.63. The van der Waals surface area contributed by atoms with Crippen molar-refractivity contribution in [1.29, 1.82) is 0 Å². The van der Waals surface area contributed by atoms with Gasteiger partial charge in [0.25, 0.3) is 0 Å². The molecule has 2 aliphatic rings. The van der Waals surface area contributed by atoms with Gasteiger partial charge in [0.15, 0.2) is 0 Å². The van der Waals surface area contributed by atoms with Gasteiger partial charge in [-0.2, -0.15) is 0 Å². The average Bonchev–Trinajstić information content (AvgIpc) is 2.69. The van der Waals surface area contributed by atoms with Crippen molar-refractivity contribution in [3.05, 3.63) is 41.5 Å². The Kier molecular flexibility index (Phi) is 6.73. The average molecular weight is 356 g/mol. The molecule has 1 aromatic carbocycles. The third kappa shape index (κ3) is 4.88. The molecule has 1 N–H and O–H groups in total. The van der Waals surface area contributed by atoms with Crippen LogP contribution in [0.3, 0.4) is 0 Å². The van der Waals surface area contributed by atoms with Gasteiger partial charge in [0, 0.05) is 38.4 Å². The van der Waals surface area contributed by atoms with Crippen LogP contribution >= 0.6 is 0 Å². The molecule has 4 heteroatoms. The zero-order valence-corrected chi connectivity index (χ0v) is 16.3. The molecule has 0 unspecified atom stereocenters. The van der Waals surface area contributed by atoms with Crippen LogP contribution in [-0.2, 0) is 4.79 Å². The molecular weight excluding hydrogens is 322 g/mol. The van der Waals surface area contributed by atoms with Crippen LogP contribution in [0, 0.1) is 6.92 Å². The number of anilines is 1. The number of allylic oxidation sites excluding steroid dienone is 1. The van der Waals surface area contributed by atoms with Crippen molar-refractivity contribution in [3.8, 4) is 0 Å². The molecule has 0 radical (unpaired) electrons. The number of rotatable bonds is 6. The summed E-state index contributed by atoms with van der Waals surface area (Å²) in [5.41, 5.74) is 4.17. The highest BCUT2D eigenvalue weighted by molar-refractivity contribution is 5.81. The Labute approximate surface area is 158 Å². The highest BCUT2D eigenvalue weighted by Crippen LogP contribution is 2.22. The van der Waals surface area contributed by atoms with Crippen LogP contribution in [0.2, 0.25) is 0 Å². The largest absolute Gasteiger partial charge is 0.369 e. The minimum Gasteiger partial charge on any atom is -0.369 e. The van der Waals surface area contributed by atoms with Crippen molar-refractivity contribution in [2.45, 2.75) is 52.0 Å². The number of para-hydroxylation sites is 1. The first-order chi connectivity index (χ1) is 12.6. The van der Waals surface area contributed by atoms with E-state index in [4.69, 9.17) is 0 Å². The summed E-state index contributed by atoms with van der Waals surface area (Å²) in [5.74, 6) is 0.172. The van der Waals surface area contributed by atoms with Gasteiger partial charge in [0.1, 0.15) is 0 Å². The first-order valence-corrected chi connectivity index (χ1v) is 10.2. The third-order valence-electron chi connectivity index (χ3n) is 5.83. The summed E-state index contributed by atoms with van der Waals surface area (Å²) < 4.78 is 0. The quantitative estimate of drug-likeness (QED) is 0.793. The number of hydrogen-bond donors (Lipinski definition) is 1. The molecular formula is C22H33N3O. The number of carbonyl (C=O) groups excluding carboxylic acids is 1. The van der Waals surface area contributed by atoms with Crippen molar-refractivity contribution in [3.63, 3.8) is 0 Å². The van der Waals surface area contributed by atoms with Crippen molar-refractivity contribution in [2.24, 2.45) is 0 Å². The summed E-state index contributed by atoms with van der Waals surface area (Å²) >= 11 is 0. The summed E-state index contributed by atoms with van der Waals surface area (Å²) in [5, 5.41) is 3.14. The SMILES string of the molecule is Cc1ccccc1N1CCN([C@@H](C)C(=O)NCCC2=CCCCC2)CC1. The van der Waals surface area contributed by atoms with Gasteiger partial charge in [0.05, 0.1) is 6.04 Å². The summed E-state index contributed by atoms with van der Waals surface area (Å²) in [7, 11) is 0. The van der Waals surface area contributed by atoms with Crippen LogP contribution in [0.4, 0.5) is 5.69 Å². The molecule has 0 saturated carbocycles. The van der Waals surface area contributed by atoms with Crippen molar-refractivity contribution in [1.82, 2.24) is 10.2 Å². The standard InChI is InChI=1S/C22H33N3O/c1-18-8-6-7-11-21(18)25-16-14-24(15-17-25)19(2)22(26)23-13-12-20-9-4-3-5-10-20/h6-9,11,19H,3-5,10,12-17H2,1-2H3,(H,23,26)/t19-/m0/s1. The Morgan fingerprint density at radius 3 is 2.62 bits per heavy atom. The van der Waals surface area contributed by atoms with Gasteiger partial charge in [-0.3, -0.25) is 9.69 Å². The fraction of sp³-hybridized carbons (Fsp3) is 0.591. The fourth-order valence-electron chi connectivity index (χ4n) is 4.06. The highest BCUT2D eigenvalue weighted by Gasteiger charge is 2.25. The number of amides is 1. The molecule has 142 valence electrons. The van der Waals surface area contributed by atoms with Crippen LogP contribution in [0.15, 0.2) is 35.9 Å². The van der Waals surface area contributed by atoms with Crippen LogP contribution in [0.5, 0.6) is 0 Å². The molecule has 3 rings (SSSR count). The molecule has 1 fully saturated rings. The molecule has 1 aromatic rings. The molecule has 0 aromatic heterocycles. The first kappa shape index (κ1) is 19.0. The zero-order chi connectivity index (χ0) is 18.4. The predicted molar refractivity (Wildman–Crippen MR) is 109 cm³/mol. The monoisotopic (exact) mass is 355 g/mol. The molecule has 1 amide bonds. The minimum absolute atomic E-state index is 0.0469. The number of piperazine rings is 1. The Morgan fingerprint density at radius 2 is 1.92 bits per heavy atom. The summed E-state index contributed by atoms with van der Waals surface area (Å²) in [6, 6.07) is 8.51. The van der Waals surface area contributed by atoms with E-state index in [-0.39, 0.29) is 11.9 Å². The molecule has 1 heterocycles. The van der Waals surface area contributed by atoms with E-state index in [1.54, 1.807) is 0 Å². The molecule has 0 spiro atoms. The number of nitrogens with one attached hydrogen (secondary N) is 1. The van der Waals surface area contributed by atoms with E-state index < -0.39 is 0 Å². The molecule has 1 aliphatic heterocycles. The van der Waals surface area contributed by atoms with Crippen LogP contribution in [0.25, 0.3) is 0 Å². The van der Waals surface area contributed by atoms with E-state index in [0.29, 0.717) is 0 Å². The maximum Gasteiger partial charge on any atom is 0.237 e. The third-order valence-corrected chi connectivity index (χ3v) is 5.83. The van der Waals surface area contributed by atoms with Crippen molar-refractivity contribution < 1.29 is 4.79 Å². The lowest BCUT2D eigenvalue weighted by Crippen LogP contribution is -2.54. The summed E-state index contributed by atoms with van der Waals surface area (Å²) in [6.45, 7) is 8.82. The van der Waals surface area contributed by atoms with E-state index in [1.807, 2.05) is 6.92 Å². The molecule has 1 saturated heterocycles. The summed E-state index contributed by atoms with van der Waals surface area (Å²) in [4.78, 5) is 17.2. The molecule has 26 heavy (non-hydrogen) atoms. The van der Waals surface area contributed by atoms with E-state index in [2.05, 4.69) is 52.4 Å². The van der Waals surface area contributed by atoms with Crippen LogP contribution in [0.1, 0.15) is 44.6 Å². The predicted octanol–water partition coefficient (Wildman–Crippen LogP) is 3.51. The van der Waals surface area contributed by atoms with Gasteiger partial charge in [0.2, 0.25) is 5.91 Å². The lowest BCUT2D eigenvalue weighted by Gasteiger charge is -2.39.